The zero-order valence-corrected chi connectivity index (χ0v) is 16.0. The first-order chi connectivity index (χ1) is 13.3. The molecule has 4 aromatic heterocycles. The Hall–Kier alpha value is -3.03. The smallest absolute Gasteiger partial charge is 0.251 e. The molecular weight excluding hydrogens is 376 g/mol. The Kier molecular flexibility index (Phi) is 3.95. The number of para-hydroxylation sites is 1. The van der Waals surface area contributed by atoms with Gasteiger partial charge in [-0.25, -0.2) is 4.68 Å². The molecule has 27 heavy (non-hydrogen) atoms. The molecule has 0 radical (unpaired) electrons. The lowest BCUT2D eigenvalue weighted by molar-refractivity contribution is 0.411. The van der Waals surface area contributed by atoms with E-state index < -0.39 is 0 Å². The van der Waals surface area contributed by atoms with Crippen LogP contribution in [0.25, 0.3) is 38.8 Å². The van der Waals surface area contributed by atoms with Crippen molar-refractivity contribution in [3.05, 3.63) is 70.4 Å². The number of rotatable bonds is 4. The van der Waals surface area contributed by atoms with E-state index in [-0.39, 0.29) is 0 Å². The van der Waals surface area contributed by atoms with Gasteiger partial charge in [0, 0.05) is 16.3 Å². The molecule has 5 aromatic rings. The summed E-state index contributed by atoms with van der Waals surface area (Å²) < 4.78 is 7.34. The maximum Gasteiger partial charge on any atom is 0.251 e. The van der Waals surface area contributed by atoms with Gasteiger partial charge in [-0.2, -0.15) is 10.1 Å². The Morgan fingerprint density at radius 3 is 2.78 bits per heavy atom. The average Bonchev–Trinajstić information content (AvgIpc) is 3.47. The van der Waals surface area contributed by atoms with Crippen molar-refractivity contribution < 1.29 is 4.52 Å². The van der Waals surface area contributed by atoms with Gasteiger partial charge in [-0.3, -0.25) is 0 Å². The molecule has 132 valence electrons. The van der Waals surface area contributed by atoms with E-state index >= 15 is 0 Å². The van der Waals surface area contributed by atoms with Gasteiger partial charge in [-0.1, -0.05) is 29.4 Å². The van der Waals surface area contributed by atoms with Gasteiger partial charge < -0.3 is 4.52 Å². The van der Waals surface area contributed by atoms with Gasteiger partial charge in [0.25, 0.3) is 5.89 Å². The van der Waals surface area contributed by atoms with Crippen LogP contribution in [0.5, 0.6) is 0 Å². The molecule has 0 saturated heterocycles. The normalized spacial score (nSPS) is 11.7. The molecule has 0 aliphatic heterocycles. The molecule has 0 aliphatic carbocycles. The highest BCUT2D eigenvalue weighted by molar-refractivity contribution is 7.21. The van der Waals surface area contributed by atoms with Crippen LogP contribution in [-0.4, -0.2) is 19.9 Å². The van der Waals surface area contributed by atoms with Crippen LogP contribution in [0.4, 0.5) is 0 Å². The number of nitrogens with zero attached hydrogens (tertiary/aromatic N) is 4. The lowest BCUT2D eigenvalue weighted by Gasteiger charge is -2.00. The summed E-state index contributed by atoms with van der Waals surface area (Å²) in [5, 5.41) is 12.0. The molecule has 0 atom stereocenters. The second kappa shape index (κ2) is 6.61. The van der Waals surface area contributed by atoms with Gasteiger partial charge in [-0.05, 0) is 42.6 Å². The fourth-order valence-electron chi connectivity index (χ4n) is 2.84. The van der Waals surface area contributed by atoms with Gasteiger partial charge in [-0.15, -0.1) is 22.7 Å². The van der Waals surface area contributed by atoms with Crippen LogP contribution in [0.2, 0.25) is 0 Å². The summed E-state index contributed by atoms with van der Waals surface area (Å²) in [6.45, 7) is 2.02. The second-order valence-corrected chi connectivity index (χ2v) is 7.98. The molecule has 0 unspecified atom stereocenters. The fraction of sp³-hybridized carbons (Fsp3) is 0.0500. The topological polar surface area (TPSA) is 56.7 Å². The summed E-state index contributed by atoms with van der Waals surface area (Å²) in [4.78, 5) is 7.70. The van der Waals surface area contributed by atoms with E-state index in [4.69, 9.17) is 4.52 Å². The average molecular weight is 390 g/mol. The Morgan fingerprint density at radius 1 is 1.07 bits per heavy atom. The molecule has 5 nitrogen and oxygen atoms in total. The van der Waals surface area contributed by atoms with Crippen LogP contribution >= 0.6 is 22.7 Å². The Labute approximate surface area is 163 Å². The third kappa shape index (κ3) is 3.01. The maximum atomic E-state index is 5.38. The van der Waals surface area contributed by atoms with Gasteiger partial charge in [0.05, 0.1) is 16.3 Å². The van der Waals surface area contributed by atoms with Crippen molar-refractivity contribution in [2.75, 3.05) is 0 Å². The predicted molar refractivity (Wildman–Crippen MR) is 110 cm³/mol. The molecule has 1 aromatic carbocycles. The minimum atomic E-state index is 0.497. The molecule has 0 bridgehead atoms. The number of benzene rings is 1. The van der Waals surface area contributed by atoms with Crippen molar-refractivity contribution in [1.82, 2.24) is 19.9 Å². The third-order valence-electron chi connectivity index (χ3n) is 4.14. The molecule has 0 fully saturated rings. The summed E-state index contributed by atoms with van der Waals surface area (Å²) in [6.07, 6.45) is 3.82. The van der Waals surface area contributed by atoms with E-state index in [1.54, 1.807) is 22.7 Å². The molecule has 0 N–H and O–H groups in total. The molecule has 0 amide bonds. The zero-order valence-electron chi connectivity index (χ0n) is 14.4. The third-order valence-corrected chi connectivity index (χ3v) is 6.08. The van der Waals surface area contributed by atoms with Gasteiger partial charge in [0.1, 0.15) is 4.83 Å². The zero-order chi connectivity index (χ0) is 18.2. The van der Waals surface area contributed by atoms with Crippen molar-refractivity contribution in [2.24, 2.45) is 0 Å². The van der Waals surface area contributed by atoms with Crippen molar-refractivity contribution in [3.63, 3.8) is 0 Å². The van der Waals surface area contributed by atoms with Crippen molar-refractivity contribution in [1.29, 1.82) is 0 Å². The van der Waals surface area contributed by atoms with E-state index in [2.05, 4.69) is 21.3 Å². The molecule has 7 heteroatoms. The van der Waals surface area contributed by atoms with Crippen LogP contribution in [0.15, 0.2) is 58.4 Å². The van der Waals surface area contributed by atoms with Crippen LogP contribution in [-0.2, 0) is 0 Å². The number of aryl methyl sites for hydroxylation is 1. The first-order valence-corrected chi connectivity index (χ1v) is 10.1. The number of aromatic nitrogens is 4. The molecule has 0 spiro atoms. The van der Waals surface area contributed by atoms with E-state index in [1.165, 1.54) is 0 Å². The fourth-order valence-corrected chi connectivity index (χ4v) is 4.57. The molecular formula is C20H14N4OS2. The minimum Gasteiger partial charge on any atom is -0.334 e. The Bertz CT molecular complexity index is 1230. The summed E-state index contributed by atoms with van der Waals surface area (Å²) in [5.41, 5.74) is 2.02. The predicted octanol–water partition coefficient (Wildman–Crippen LogP) is 5.68. The molecule has 5 rings (SSSR count). The van der Waals surface area contributed by atoms with Crippen molar-refractivity contribution >= 4 is 45.0 Å². The van der Waals surface area contributed by atoms with Crippen molar-refractivity contribution in [3.8, 4) is 16.4 Å². The second-order valence-electron chi connectivity index (χ2n) is 5.97. The summed E-state index contributed by atoms with van der Waals surface area (Å²) in [5.74, 6) is 1.10. The van der Waals surface area contributed by atoms with Crippen LogP contribution < -0.4 is 0 Å². The first kappa shape index (κ1) is 16.2. The number of thiophene rings is 2. The van der Waals surface area contributed by atoms with E-state index in [9.17, 15) is 0 Å². The van der Waals surface area contributed by atoms with Crippen LogP contribution in [0.1, 0.15) is 16.5 Å². The number of hydrogen-bond acceptors (Lipinski definition) is 6. The summed E-state index contributed by atoms with van der Waals surface area (Å²) in [7, 11) is 0. The standard InChI is InChI=1S/C20H14N4OS2/c1-13-16-12-17(27-20(16)24(22-13)14-6-3-2-4-7-14)19-21-18(25-23-19)10-9-15-8-5-11-26-15/h2-12H,1H3/b10-9+. The highest BCUT2D eigenvalue weighted by Crippen LogP contribution is 2.35. The van der Waals surface area contributed by atoms with Gasteiger partial charge >= 0.3 is 0 Å². The van der Waals surface area contributed by atoms with E-state index in [0.29, 0.717) is 11.7 Å². The van der Waals surface area contributed by atoms with Crippen LogP contribution in [0, 0.1) is 6.92 Å². The minimum absolute atomic E-state index is 0.497. The summed E-state index contributed by atoms with van der Waals surface area (Å²) in [6, 6.07) is 16.3. The molecule has 0 aliphatic rings. The first-order valence-electron chi connectivity index (χ1n) is 8.38. The Morgan fingerprint density at radius 2 is 1.96 bits per heavy atom. The van der Waals surface area contributed by atoms with Gasteiger partial charge in [0.15, 0.2) is 0 Å². The van der Waals surface area contributed by atoms with E-state index in [1.807, 2.05) is 71.6 Å². The monoisotopic (exact) mass is 390 g/mol. The van der Waals surface area contributed by atoms with Gasteiger partial charge in [0.2, 0.25) is 5.82 Å². The maximum absolute atomic E-state index is 5.38. The largest absolute Gasteiger partial charge is 0.334 e. The molecule has 4 heterocycles. The lowest BCUT2D eigenvalue weighted by atomic mass is 10.3. The number of fused-ring (bicyclic) bond motifs is 1. The van der Waals surface area contributed by atoms with Crippen LogP contribution in [0.3, 0.4) is 0 Å². The van der Waals surface area contributed by atoms with Crippen molar-refractivity contribution in [2.45, 2.75) is 6.92 Å². The molecule has 0 saturated carbocycles. The van der Waals surface area contributed by atoms with E-state index in [0.717, 1.165) is 31.4 Å². The highest BCUT2D eigenvalue weighted by Gasteiger charge is 2.17. The lowest BCUT2D eigenvalue weighted by Crippen LogP contribution is -1.94. The summed E-state index contributed by atoms with van der Waals surface area (Å²) >= 11 is 3.28. The quantitative estimate of drug-likeness (QED) is 0.396. The SMILES string of the molecule is Cc1nn(-c2ccccc2)c2sc(-c3noc(/C=C/c4cccs4)n3)cc12. The highest BCUT2D eigenvalue weighted by atomic mass is 32.1. The Balaban J connectivity index is 1.51. The number of hydrogen-bond donors (Lipinski definition) is 0.